The number of rotatable bonds is 6. The van der Waals surface area contributed by atoms with Crippen LogP contribution in [0, 0.1) is 0 Å². The zero-order valence-electron chi connectivity index (χ0n) is 9.51. The van der Waals surface area contributed by atoms with E-state index in [1.165, 1.54) is 4.90 Å². The Morgan fingerprint density at radius 3 is 2.53 bits per heavy atom. The summed E-state index contributed by atoms with van der Waals surface area (Å²) in [5, 5.41) is 4.73. The molecular formula is C9H15N3O2P2S. The Morgan fingerprint density at radius 2 is 2.12 bits per heavy atom. The van der Waals surface area contributed by atoms with Crippen LogP contribution in [0.5, 0.6) is 0 Å². The van der Waals surface area contributed by atoms with Gasteiger partial charge in [-0.1, -0.05) is 29.0 Å². The number of carbonyl (C=O) groups excluding carboxylic acids is 2. The molecule has 1 atom stereocenters. The molecule has 5 nitrogen and oxygen atoms in total. The average Bonchev–Trinajstić information content (AvgIpc) is 2.53. The van der Waals surface area contributed by atoms with E-state index in [1.807, 2.05) is 6.92 Å². The Labute approximate surface area is 109 Å². The minimum Gasteiger partial charge on any atom is -0.309 e. The molecule has 1 saturated heterocycles. The lowest BCUT2D eigenvalue weighted by atomic mass is 10.5. The molecule has 0 radical (unpaired) electrons. The highest BCUT2D eigenvalue weighted by Crippen LogP contribution is 2.37. The van der Waals surface area contributed by atoms with Crippen molar-refractivity contribution in [3.05, 3.63) is 0 Å². The standard InChI is InChI=1S/C9H15N3O2P2S/c1-6(17)10-4-5-12-7(13)9(15-2,16-3)11-8(12)14/h6,10,17H,2-5H2,1H3,(H,11,14). The molecule has 3 amide bonds. The number of nitrogens with one attached hydrogen (secondary N) is 2. The normalized spacial score (nSPS) is 26.6. The van der Waals surface area contributed by atoms with E-state index >= 15 is 0 Å². The number of urea groups is 1. The summed E-state index contributed by atoms with van der Waals surface area (Å²) in [5.74, 6) is -0.260. The third-order valence-corrected chi connectivity index (χ3v) is 4.86. The maximum Gasteiger partial charge on any atom is 0.326 e. The molecule has 1 rings (SSSR count). The van der Waals surface area contributed by atoms with E-state index in [-0.39, 0.29) is 17.3 Å². The second-order valence-corrected chi connectivity index (χ2v) is 6.61. The fourth-order valence-corrected chi connectivity index (χ4v) is 2.79. The minimum atomic E-state index is -0.969. The molecule has 0 aromatic carbocycles. The molecule has 1 aliphatic rings. The van der Waals surface area contributed by atoms with E-state index in [1.54, 1.807) is 0 Å². The monoisotopic (exact) mass is 291 g/mol. The molecule has 2 N–H and O–H groups in total. The van der Waals surface area contributed by atoms with Gasteiger partial charge in [-0.15, -0.1) is 0 Å². The largest absolute Gasteiger partial charge is 0.326 e. The highest BCUT2D eigenvalue weighted by atomic mass is 32.1. The van der Waals surface area contributed by atoms with Gasteiger partial charge in [0.2, 0.25) is 5.02 Å². The van der Waals surface area contributed by atoms with E-state index in [0.717, 1.165) is 0 Å². The van der Waals surface area contributed by atoms with E-state index < -0.39 is 5.02 Å². The van der Waals surface area contributed by atoms with Gasteiger partial charge in [-0.2, -0.15) is 12.6 Å². The lowest BCUT2D eigenvalue weighted by Crippen LogP contribution is -2.39. The average molecular weight is 291 g/mol. The molecular weight excluding hydrogens is 276 g/mol. The Morgan fingerprint density at radius 1 is 1.53 bits per heavy atom. The van der Waals surface area contributed by atoms with Crippen LogP contribution >= 0.6 is 29.0 Å². The minimum absolute atomic E-state index is 0.0254. The van der Waals surface area contributed by atoms with Gasteiger partial charge in [0.25, 0.3) is 5.91 Å². The SMILES string of the molecule is C=PC1(P=C)NC(=O)N(CCNC(C)S)C1=O. The molecule has 0 aromatic rings. The molecule has 0 saturated carbocycles. The van der Waals surface area contributed by atoms with Crippen LogP contribution in [0.2, 0.25) is 0 Å². The number of thiol groups is 1. The van der Waals surface area contributed by atoms with E-state index in [0.29, 0.717) is 29.5 Å². The fourth-order valence-electron chi connectivity index (χ4n) is 1.40. The molecule has 1 aliphatic heterocycles. The quantitative estimate of drug-likeness (QED) is 0.294. The van der Waals surface area contributed by atoms with E-state index in [9.17, 15) is 9.59 Å². The van der Waals surface area contributed by atoms with Crippen LogP contribution in [0.3, 0.4) is 0 Å². The maximum absolute atomic E-state index is 12.1. The number of carbonyl (C=O) groups is 2. The molecule has 0 bridgehead atoms. The molecule has 0 spiro atoms. The lowest BCUT2D eigenvalue weighted by Gasteiger charge is -2.17. The van der Waals surface area contributed by atoms with Gasteiger partial charge in [-0.05, 0) is 6.92 Å². The third kappa shape index (κ3) is 3.08. The van der Waals surface area contributed by atoms with Crippen LogP contribution < -0.4 is 10.6 Å². The van der Waals surface area contributed by atoms with Crippen LogP contribution in [0.15, 0.2) is 0 Å². The molecule has 94 valence electrons. The number of amides is 3. The van der Waals surface area contributed by atoms with Gasteiger partial charge in [0, 0.05) is 18.5 Å². The van der Waals surface area contributed by atoms with Gasteiger partial charge < -0.3 is 10.6 Å². The number of hydrogen-bond acceptors (Lipinski definition) is 4. The van der Waals surface area contributed by atoms with Gasteiger partial charge >= 0.3 is 6.03 Å². The van der Waals surface area contributed by atoms with Gasteiger partial charge in [-0.25, -0.2) is 4.79 Å². The third-order valence-electron chi connectivity index (χ3n) is 2.30. The highest BCUT2D eigenvalue weighted by molar-refractivity contribution is 7.80. The second-order valence-electron chi connectivity index (χ2n) is 3.51. The van der Waals surface area contributed by atoms with Crippen molar-refractivity contribution in [1.82, 2.24) is 15.5 Å². The Hall–Kier alpha value is -0.410. The summed E-state index contributed by atoms with van der Waals surface area (Å²) >= 11 is 4.15. The van der Waals surface area contributed by atoms with Crippen LogP contribution in [-0.2, 0) is 4.79 Å². The molecule has 8 heteroatoms. The first-order chi connectivity index (χ1) is 7.96. The van der Waals surface area contributed by atoms with Crippen molar-refractivity contribution in [2.45, 2.75) is 17.3 Å². The van der Waals surface area contributed by atoms with Crippen molar-refractivity contribution in [2.24, 2.45) is 0 Å². The summed E-state index contributed by atoms with van der Waals surface area (Å²) in [6.45, 7) is 2.72. The van der Waals surface area contributed by atoms with Crippen LogP contribution in [0.1, 0.15) is 6.92 Å². The summed E-state index contributed by atoms with van der Waals surface area (Å²) in [6, 6.07) is -0.379. The van der Waals surface area contributed by atoms with E-state index in [2.05, 4.69) is 35.9 Å². The van der Waals surface area contributed by atoms with Gasteiger partial charge in [0.05, 0.1) is 0 Å². The van der Waals surface area contributed by atoms with E-state index in [4.69, 9.17) is 0 Å². The highest BCUT2D eigenvalue weighted by Gasteiger charge is 2.48. The first kappa shape index (κ1) is 14.7. The smallest absolute Gasteiger partial charge is 0.309 e. The molecule has 0 aromatic heterocycles. The summed E-state index contributed by atoms with van der Waals surface area (Å²) < 4.78 is 0. The fraction of sp³-hybridized carbons (Fsp3) is 0.556. The number of hydrogen-bond donors (Lipinski definition) is 3. The predicted octanol–water partition coefficient (Wildman–Crippen LogP) is 0.814. The van der Waals surface area contributed by atoms with Crippen molar-refractivity contribution >= 4 is 53.6 Å². The number of nitrogens with zero attached hydrogens (tertiary/aromatic N) is 1. The molecule has 1 heterocycles. The first-order valence-electron chi connectivity index (χ1n) is 4.98. The van der Waals surface area contributed by atoms with Crippen LogP contribution in [0.25, 0.3) is 0 Å². The molecule has 17 heavy (non-hydrogen) atoms. The van der Waals surface area contributed by atoms with Gasteiger partial charge in [-0.3, -0.25) is 9.69 Å². The number of imide groups is 1. The first-order valence-corrected chi connectivity index (χ1v) is 7.65. The summed E-state index contributed by atoms with van der Waals surface area (Å²) in [7, 11) is 1.10. The van der Waals surface area contributed by atoms with Crippen molar-refractivity contribution in [1.29, 1.82) is 0 Å². The van der Waals surface area contributed by atoms with Crippen molar-refractivity contribution < 1.29 is 9.59 Å². The Balaban J connectivity index is 2.69. The summed E-state index contributed by atoms with van der Waals surface area (Å²) in [4.78, 5) is 24.9. The topological polar surface area (TPSA) is 61.4 Å². The molecule has 0 aliphatic carbocycles. The summed E-state index contributed by atoms with van der Waals surface area (Å²) in [5.41, 5.74) is 0. The molecule has 1 unspecified atom stereocenters. The second kappa shape index (κ2) is 5.96. The maximum atomic E-state index is 12.1. The molecule has 1 fully saturated rings. The van der Waals surface area contributed by atoms with Crippen molar-refractivity contribution in [3.8, 4) is 0 Å². The predicted molar refractivity (Wildman–Crippen MR) is 77.5 cm³/mol. The van der Waals surface area contributed by atoms with Crippen molar-refractivity contribution in [3.63, 3.8) is 0 Å². The Kier molecular flexibility index (Phi) is 5.14. The zero-order valence-corrected chi connectivity index (χ0v) is 12.2. The van der Waals surface area contributed by atoms with Gasteiger partial charge in [0.1, 0.15) is 0 Å². The van der Waals surface area contributed by atoms with Gasteiger partial charge in [0.15, 0.2) is 0 Å². The zero-order chi connectivity index (χ0) is 13.1. The Bertz CT molecular complexity index is 354. The van der Waals surface area contributed by atoms with Crippen molar-refractivity contribution in [2.75, 3.05) is 13.1 Å². The lowest BCUT2D eigenvalue weighted by molar-refractivity contribution is -0.126. The summed E-state index contributed by atoms with van der Waals surface area (Å²) in [6.07, 6.45) is 7.35. The van der Waals surface area contributed by atoms with Crippen LogP contribution in [-0.4, -0.2) is 52.9 Å². The van der Waals surface area contributed by atoms with Crippen LogP contribution in [0.4, 0.5) is 4.79 Å².